The number of rotatable bonds is 7. The highest BCUT2D eigenvalue weighted by Gasteiger charge is 2.22. The van der Waals surface area contributed by atoms with Gasteiger partial charge < -0.3 is 19.3 Å². The fourth-order valence-corrected chi connectivity index (χ4v) is 1.76. The molecule has 19 heavy (non-hydrogen) atoms. The van der Waals surface area contributed by atoms with Crippen molar-refractivity contribution in [2.75, 3.05) is 27.4 Å². The van der Waals surface area contributed by atoms with Crippen LogP contribution in [0.5, 0.6) is 5.75 Å². The number of benzene rings is 1. The number of methoxy groups -OCH3 is 2. The molecule has 6 heteroatoms. The number of aliphatic hydroxyl groups is 1. The van der Waals surface area contributed by atoms with E-state index in [1.807, 2.05) is 0 Å². The summed E-state index contributed by atoms with van der Waals surface area (Å²) >= 11 is 5.89. The molecule has 5 nitrogen and oxygen atoms in total. The van der Waals surface area contributed by atoms with Gasteiger partial charge in [-0.25, -0.2) is 4.79 Å². The van der Waals surface area contributed by atoms with E-state index in [0.717, 1.165) is 5.56 Å². The summed E-state index contributed by atoms with van der Waals surface area (Å²) in [4.78, 5) is 11.5. The Balaban J connectivity index is 2.91. The highest BCUT2D eigenvalue weighted by molar-refractivity contribution is 6.30. The fourth-order valence-electron chi connectivity index (χ4n) is 1.57. The first-order valence-electron chi connectivity index (χ1n) is 5.75. The van der Waals surface area contributed by atoms with Crippen LogP contribution >= 0.6 is 11.6 Å². The molecule has 1 N–H and O–H groups in total. The minimum absolute atomic E-state index is 0.0378. The van der Waals surface area contributed by atoms with E-state index in [0.29, 0.717) is 17.2 Å². The molecule has 0 aliphatic heterocycles. The van der Waals surface area contributed by atoms with Crippen molar-refractivity contribution in [3.63, 3.8) is 0 Å². The maximum absolute atomic E-state index is 11.5. The lowest BCUT2D eigenvalue weighted by molar-refractivity contribution is -0.151. The topological polar surface area (TPSA) is 65.0 Å². The minimum atomic E-state index is -0.853. The van der Waals surface area contributed by atoms with Crippen molar-refractivity contribution in [2.24, 2.45) is 0 Å². The average Bonchev–Trinajstić information content (AvgIpc) is 2.40. The SMILES string of the molecule is COCC(Oc1ccc(Cl)cc1CCO)C(=O)OC. The lowest BCUT2D eigenvalue weighted by atomic mass is 10.1. The normalized spacial score (nSPS) is 12.0. The molecule has 0 bridgehead atoms. The van der Waals surface area contributed by atoms with Gasteiger partial charge in [-0.15, -0.1) is 0 Å². The molecule has 0 aromatic heterocycles. The maximum atomic E-state index is 11.5. The zero-order valence-corrected chi connectivity index (χ0v) is 11.6. The monoisotopic (exact) mass is 288 g/mol. The van der Waals surface area contributed by atoms with Gasteiger partial charge in [-0.1, -0.05) is 11.6 Å². The minimum Gasteiger partial charge on any atom is -0.476 e. The van der Waals surface area contributed by atoms with Gasteiger partial charge in [0.2, 0.25) is 6.10 Å². The van der Waals surface area contributed by atoms with Gasteiger partial charge in [0.1, 0.15) is 5.75 Å². The molecule has 1 aromatic carbocycles. The highest BCUT2D eigenvalue weighted by atomic mass is 35.5. The third-order valence-corrected chi connectivity index (χ3v) is 2.69. The second-order valence-corrected chi connectivity index (χ2v) is 4.25. The summed E-state index contributed by atoms with van der Waals surface area (Å²) in [5.74, 6) is -0.0438. The van der Waals surface area contributed by atoms with Gasteiger partial charge in [-0.2, -0.15) is 0 Å². The van der Waals surface area contributed by atoms with Gasteiger partial charge in [0.25, 0.3) is 0 Å². The van der Waals surface area contributed by atoms with Crippen LogP contribution in [-0.4, -0.2) is 44.6 Å². The van der Waals surface area contributed by atoms with Gasteiger partial charge >= 0.3 is 5.97 Å². The molecule has 1 unspecified atom stereocenters. The van der Waals surface area contributed by atoms with Crippen molar-refractivity contribution in [3.8, 4) is 5.75 Å². The van der Waals surface area contributed by atoms with E-state index in [2.05, 4.69) is 4.74 Å². The molecule has 1 atom stereocenters. The Morgan fingerprint density at radius 3 is 2.74 bits per heavy atom. The second kappa shape index (κ2) is 7.99. The molecular formula is C13H17ClO5. The molecule has 0 saturated heterocycles. The van der Waals surface area contributed by atoms with Crippen LogP contribution in [0, 0.1) is 0 Å². The Kier molecular flexibility index (Phi) is 6.62. The summed E-state index contributed by atoms with van der Waals surface area (Å²) < 4.78 is 15.1. The van der Waals surface area contributed by atoms with Gasteiger partial charge in [0.05, 0.1) is 13.7 Å². The molecule has 0 aliphatic rings. The molecule has 0 heterocycles. The molecule has 0 spiro atoms. The van der Waals surface area contributed by atoms with Crippen LogP contribution in [0.25, 0.3) is 0 Å². The Labute approximate surface area is 117 Å². The molecule has 1 rings (SSSR count). The Bertz CT molecular complexity index is 421. The molecule has 0 radical (unpaired) electrons. The number of esters is 1. The smallest absolute Gasteiger partial charge is 0.349 e. The third-order valence-electron chi connectivity index (χ3n) is 2.46. The van der Waals surface area contributed by atoms with Crippen molar-refractivity contribution < 1.29 is 24.1 Å². The lowest BCUT2D eigenvalue weighted by Crippen LogP contribution is -2.33. The number of ether oxygens (including phenoxy) is 3. The number of halogens is 1. The third kappa shape index (κ3) is 4.70. The molecule has 0 amide bonds. The van der Waals surface area contributed by atoms with Crippen LogP contribution in [0.15, 0.2) is 18.2 Å². The summed E-state index contributed by atoms with van der Waals surface area (Å²) in [7, 11) is 2.75. The molecule has 106 valence electrons. The Hall–Kier alpha value is -1.30. The summed E-state index contributed by atoms with van der Waals surface area (Å²) in [5, 5.41) is 9.55. The van der Waals surface area contributed by atoms with Crippen LogP contribution in [0.1, 0.15) is 5.56 Å². The molecular weight excluding hydrogens is 272 g/mol. The summed E-state index contributed by atoms with van der Waals surface area (Å²) in [6.07, 6.45) is -0.467. The predicted octanol–water partition coefficient (Wildman–Crippen LogP) is 1.44. The van der Waals surface area contributed by atoms with Gasteiger partial charge in [0, 0.05) is 18.7 Å². The molecule has 0 aliphatic carbocycles. The van der Waals surface area contributed by atoms with Gasteiger partial charge in [-0.3, -0.25) is 0 Å². The first-order chi connectivity index (χ1) is 9.12. The van der Waals surface area contributed by atoms with Crippen molar-refractivity contribution in [1.82, 2.24) is 0 Å². The van der Waals surface area contributed by atoms with Crippen LogP contribution in [-0.2, 0) is 20.7 Å². The number of carbonyl (C=O) groups is 1. The van der Waals surface area contributed by atoms with E-state index in [4.69, 9.17) is 26.2 Å². The molecule has 0 fully saturated rings. The maximum Gasteiger partial charge on any atom is 0.349 e. The summed E-state index contributed by atoms with van der Waals surface area (Å²) in [5.41, 5.74) is 0.722. The number of hydrogen-bond acceptors (Lipinski definition) is 5. The number of hydrogen-bond donors (Lipinski definition) is 1. The average molecular weight is 289 g/mol. The second-order valence-electron chi connectivity index (χ2n) is 3.81. The zero-order chi connectivity index (χ0) is 14.3. The van der Waals surface area contributed by atoms with Crippen molar-refractivity contribution in [3.05, 3.63) is 28.8 Å². The zero-order valence-electron chi connectivity index (χ0n) is 10.9. The fraction of sp³-hybridized carbons (Fsp3) is 0.462. The predicted molar refractivity (Wildman–Crippen MR) is 70.5 cm³/mol. The van der Waals surface area contributed by atoms with Gasteiger partial charge in [-0.05, 0) is 30.2 Å². The largest absolute Gasteiger partial charge is 0.476 e. The number of aliphatic hydroxyl groups excluding tert-OH is 1. The van der Waals surface area contributed by atoms with Crippen LogP contribution < -0.4 is 4.74 Å². The summed E-state index contributed by atoms with van der Waals surface area (Å²) in [6.45, 7) is 0.0394. The highest BCUT2D eigenvalue weighted by Crippen LogP contribution is 2.24. The molecule has 1 aromatic rings. The first kappa shape index (κ1) is 15.8. The standard InChI is InChI=1S/C13H17ClO5/c1-17-8-12(13(16)18-2)19-11-4-3-10(14)7-9(11)5-6-15/h3-4,7,12,15H,5-6,8H2,1-2H3. The van der Waals surface area contributed by atoms with E-state index in [1.54, 1.807) is 18.2 Å². The van der Waals surface area contributed by atoms with E-state index in [1.165, 1.54) is 14.2 Å². The van der Waals surface area contributed by atoms with E-state index < -0.39 is 12.1 Å². The van der Waals surface area contributed by atoms with Crippen molar-refractivity contribution >= 4 is 17.6 Å². The van der Waals surface area contributed by atoms with Crippen molar-refractivity contribution in [2.45, 2.75) is 12.5 Å². The van der Waals surface area contributed by atoms with Crippen LogP contribution in [0.2, 0.25) is 5.02 Å². The summed E-state index contributed by atoms with van der Waals surface area (Å²) in [6, 6.07) is 4.99. The van der Waals surface area contributed by atoms with Crippen LogP contribution in [0.4, 0.5) is 0 Å². The lowest BCUT2D eigenvalue weighted by Gasteiger charge is -2.18. The van der Waals surface area contributed by atoms with Gasteiger partial charge in [0.15, 0.2) is 0 Å². The van der Waals surface area contributed by atoms with E-state index in [-0.39, 0.29) is 13.2 Å². The van der Waals surface area contributed by atoms with Crippen LogP contribution in [0.3, 0.4) is 0 Å². The van der Waals surface area contributed by atoms with E-state index >= 15 is 0 Å². The number of carbonyl (C=O) groups excluding carboxylic acids is 1. The van der Waals surface area contributed by atoms with E-state index in [9.17, 15) is 4.79 Å². The quantitative estimate of drug-likeness (QED) is 0.769. The molecule has 0 saturated carbocycles. The first-order valence-corrected chi connectivity index (χ1v) is 6.12. The Morgan fingerprint density at radius 1 is 1.42 bits per heavy atom. The Morgan fingerprint density at radius 2 is 2.16 bits per heavy atom. The van der Waals surface area contributed by atoms with Crippen molar-refractivity contribution in [1.29, 1.82) is 0 Å².